The molecule has 1 aromatic carbocycles. The maximum atomic E-state index is 6.13. The van der Waals surface area contributed by atoms with Gasteiger partial charge in [-0.1, -0.05) is 24.6 Å². The molecule has 0 spiro atoms. The normalized spacial score (nSPS) is 26.8. The lowest BCUT2D eigenvalue weighted by molar-refractivity contribution is 0.651. The Labute approximate surface area is 94.0 Å². The topological polar surface area (TPSA) is 26.0 Å². The van der Waals surface area contributed by atoms with Gasteiger partial charge in [-0.2, -0.15) is 11.8 Å². The van der Waals surface area contributed by atoms with E-state index in [2.05, 4.69) is 13.0 Å². The molecule has 1 heterocycles. The molecule has 0 aromatic heterocycles. The van der Waals surface area contributed by atoms with Crippen molar-refractivity contribution in [2.45, 2.75) is 30.4 Å². The predicted molar refractivity (Wildman–Crippen MR) is 63.8 cm³/mol. The van der Waals surface area contributed by atoms with Gasteiger partial charge in [0.15, 0.2) is 0 Å². The summed E-state index contributed by atoms with van der Waals surface area (Å²) in [7, 11) is 0. The van der Waals surface area contributed by atoms with Gasteiger partial charge in [0, 0.05) is 22.1 Å². The van der Waals surface area contributed by atoms with Crippen LogP contribution in [-0.2, 0) is 5.75 Å². The SMILES string of the molecule is CC1C[C@H](N)c2cc(Cl)ccc2CS1. The summed E-state index contributed by atoms with van der Waals surface area (Å²) < 4.78 is 0. The zero-order chi connectivity index (χ0) is 10.1. The molecule has 1 aliphatic heterocycles. The molecule has 0 bridgehead atoms. The highest BCUT2D eigenvalue weighted by Gasteiger charge is 2.19. The van der Waals surface area contributed by atoms with Crippen LogP contribution in [0.3, 0.4) is 0 Å². The zero-order valence-corrected chi connectivity index (χ0v) is 9.74. The van der Waals surface area contributed by atoms with Crippen LogP contribution in [0.1, 0.15) is 30.5 Å². The van der Waals surface area contributed by atoms with Gasteiger partial charge in [0.2, 0.25) is 0 Å². The molecule has 1 unspecified atom stereocenters. The highest BCUT2D eigenvalue weighted by Crippen LogP contribution is 2.34. The van der Waals surface area contributed by atoms with E-state index in [0.29, 0.717) is 5.25 Å². The van der Waals surface area contributed by atoms with Gasteiger partial charge in [-0.15, -0.1) is 0 Å². The summed E-state index contributed by atoms with van der Waals surface area (Å²) in [5.41, 5.74) is 8.71. The first kappa shape index (κ1) is 10.3. The second-order valence-electron chi connectivity index (χ2n) is 3.81. The number of halogens is 1. The summed E-state index contributed by atoms with van der Waals surface area (Å²) in [6.07, 6.45) is 1.04. The quantitative estimate of drug-likeness (QED) is 0.736. The van der Waals surface area contributed by atoms with E-state index in [-0.39, 0.29) is 6.04 Å². The summed E-state index contributed by atoms with van der Waals surface area (Å²) in [6.45, 7) is 2.23. The number of rotatable bonds is 0. The van der Waals surface area contributed by atoms with Gasteiger partial charge >= 0.3 is 0 Å². The Morgan fingerprint density at radius 1 is 1.50 bits per heavy atom. The van der Waals surface area contributed by atoms with Crippen LogP contribution in [0.4, 0.5) is 0 Å². The van der Waals surface area contributed by atoms with Crippen molar-refractivity contribution in [3.8, 4) is 0 Å². The van der Waals surface area contributed by atoms with Crippen LogP contribution < -0.4 is 5.73 Å². The standard InChI is InChI=1S/C11H14ClNS/c1-7-4-11(13)10-5-9(12)3-2-8(10)6-14-7/h2-3,5,7,11H,4,6,13H2,1H3/t7?,11-/m0/s1. The van der Waals surface area contributed by atoms with Crippen LogP contribution in [-0.4, -0.2) is 5.25 Å². The second-order valence-corrected chi connectivity index (χ2v) is 5.67. The van der Waals surface area contributed by atoms with E-state index in [1.54, 1.807) is 0 Å². The van der Waals surface area contributed by atoms with Crippen molar-refractivity contribution < 1.29 is 0 Å². The van der Waals surface area contributed by atoms with Crippen molar-refractivity contribution in [3.05, 3.63) is 34.3 Å². The molecule has 2 rings (SSSR count). The van der Waals surface area contributed by atoms with E-state index in [1.165, 1.54) is 11.1 Å². The van der Waals surface area contributed by atoms with E-state index >= 15 is 0 Å². The minimum atomic E-state index is 0.147. The minimum absolute atomic E-state index is 0.147. The molecule has 0 radical (unpaired) electrons. The third kappa shape index (κ3) is 2.08. The third-order valence-corrected chi connectivity index (χ3v) is 4.09. The van der Waals surface area contributed by atoms with Crippen LogP contribution in [0.5, 0.6) is 0 Å². The van der Waals surface area contributed by atoms with E-state index in [0.717, 1.165) is 17.2 Å². The van der Waals surface area contributed by atoms with Crippen molar-refractivity contribution in [3.63, 3.8) is 0 Å². The summed E-state index contributed by atoms with van der Waals surface area (Å²) in [5.74, 6) is 1.06. The van der Waals surface area contributed by atoms with Gasteiger partial charge < -0.3 is 5.73 Å². The molecule has 2 atom stereocenters. The van der Waals surface area contributed by atoms with E-state index < -0.39 is 0 Å². The van der Waals surface area contributed by atoms with Crippen molar-refractivity contribution in [2.24, 2.45) is 5.73 Å². The summed E-state index contributed by atoms with van der Waals surface area (Å²) in [5, 5.41) is 1.43. The number of hydrogen-bond donors (Lipinski definition) is 1. The Morgan fingerprint density at radius 3 is 3.07 bits per heavy atom. The Hall–Kier alpha value is -0.180. The molecular weight excluding hydrogens is 214 g/mol. The Balaban J connectivity index is 2.39. The average Bonchev–Trinajstić information content (AvgIpc) is 2.27. The van der Waals surface area contributed by atoms with Gasteiger partial charge in [-0.05, 0) is 29.7 Å². The second kappa shape index (κ2) is 4.13. The van der Waals surface area contributed by atoms with Crippen molar-refractivity contribution in [1.29, 1.82) is 0 Å². The van der Waals surface area contributed by atoms with E-state index in [4.69, 9.17) is 17.3 Å². The third-order valence-electron chi connectivity index (χ3n) is 2.62. The van der Waals surface area contributed by atoms with Crippen LogP contribution in [0.2, 0.25) is 5.02 Å². The van der Waals surface area contributed by atoms with Crippen LogP contribution in [0, 0.1) is 0 Å². The molecule has 1 aromatic rings. The van der Waals surface area contributed by atoms with E-state index in [1.807, 2.05) is 23.9 Å². The molecule has 0 saturated carbocycles. The minimum Gasteiger partial charge on any atom is -0.324 e. The summed E-state index contributed by atoms with van der Waals surface area (Å²) in [6, 6.07) is 6.21. The maximum absolute atomic E-state index is 6.13. The fourth-order valence-electron chi connectivity index (χ4n) is 1.83. The highest BCUT2D eigenvalue weighted by molar-refractivity contribution is 7.99. The fourth-order valence-corrected chi connectivity index (χ4v) is 3.08. The monoisotopic (exact) mass is 227 g/mol. The van der Waals surface area contributed by atoms with Crippen LogP contribution >= 0.6 is 23.4 Å². The first-order chi connectivity index (χ1) is 6.66. The van der Waals surface area contributed by atoms with Gasteiger partial charge in [0.25, 0.3) is 0 Å². The van der Waals surface area contributed by atoms with Gasteiger partial charge in [0.1, 0.15) is 0 Å². The molecule has 14 heavy (non-hydrogen) atoms. The summed E-state index contributed by atoms with van der Waals surface area (Å²) >= 11 is 7.94. The number of fused-ring (bicyclic) bond motifs is 1. The summed E-state index contributed by atoms with van der Waals surface area (Å²) in [4.78, 5) is 0. The number of benzene rings is 1. The molecule has 1 aliphatic rings. The maximum Gasteiger partial charge on any atom is 0.0409 e. The van der Waals surface area contributed by atoms with E-state index in [9.17, 15) is 0 Å². The lowest BCUT2D eigenvalue weighted by atomic mass is 9.99. The molecule has 0 saturated heterocycles. The highest BCUT2D eigenvalue weighted by atomic mass is 35.5. The van der Waals surface area contributed by atoms with Crippen molar-refractivity contribution in [1.82, 2.24) is 0 Å². The molecule has 1 nitrogen and oxygen atoms in total. The van der Waals surface area contributed by atoms with Gasteiger partial charge in [0.05, 0.1) is 0 Å². The lowest BCUT2D eigenvalue weighted by Crippen LogP contribution is -2.14. The first-order valence-electron chi connectivity index (χ1n) is 4.82. The molecule has 76 valence electrons. The lowest BCUT2D eigenvalue weighted by Gasteiger charge is -2.13. The van der Waals surface area contributed by atoms with Gasteiger partial charge in [-0.25, -0.2) is 0 Å². The molecule has 0 aliphatic carbocycles. The predicted octanol–water partition coefficient (Wildman–Crippen LogP) is 3.37. The van der Waals surface area contributed by atoms with Crippen molar-refractivity contribution >= 4 is 23.4 Å². The molecule has 2 N–H and O–H groups in total. The first-order valence-corrected chi connectivity index (χ1v) is 6.25. The number of hydrogen-bond acceptors (Lipinski definition) is 2. The fraction of sp³-hybridized carbons (Fsp3) is 0.455. The smallest absolute Gasteiger partial charge is 0.0409 e. The number of thioether (sulfide) groups is 1. The zero-order valence-electron chi connectivity index (χ0n) is 8.16. The Morgan fingerprint density at radius 2 is 2.29 bits per heavy atom. The molecular formula is C11H14ClNS. The van der Waals surface area contributed by atoms with Crippen LogP contribution in [0.15, 0.2) is 18.2 Å². The number of nitrogens with two attached hydrogens (primary N) is 1. The Kier molecular flexibility index (Phi) is 3.05. The van der Waals surface area contributed by atoms with Crippen molar-refractivity contribution in [2.75, 3.05) is 0 Å². The van der Waals surface area contributed by atoms with Crippen LogP contribution in [0.25, 0.3) is 0 Å². The average molecular weight is 228 g/mol. The largest absolute Gasteiger partial charge is 0.324 e. The van der Waals surface area contributed by atoms with Gasteiger partial charge in [-0.3, -0.25) is 0 Å². The molecule has 0 fully saturated rings. The Bertz CT molecular complexity index is 340. The molecule has 0 amide bonds. The molecule has 3 heteroatoms.